The maximum atomic E-state index is 12.0. The van der Waals surface area contributed by atoms with Gasteiger partial charge in [-0.15, -0.1) is 0 Å². The first-order chi connectivity index (χ1) is 9.07. The van der Waals surface area contributed by atoms with Crippen molar-refractivity contribution in [2.24, 2.45) is 0 Å². The van der Waals surface area contributed by atoms with Crippen LogP contribution in [0.5, 0.6) is 0 Å². The molecule has 0 radical (unpaired) electrons. The van der Waals surface area contributed by atoms with Crippen molar-refractivity contribution in [3.8, 4) is 0 Å². The van der Waals surface area contributed by atoms with Crippen molar-refractivity contribution >= 4 is 17.9 Å². The van der Waals surface area contributed by atoms with Crippen LogP contribution < -0.4 is 0 Å². The lowest BCUT2D eigenvalue weighted by Gasteiger charge is -2.22. The van der Waals surface area contributed by atoms with Gasteiger partial charge in [-0.1, -0.05) is 44.2 Å². The molecule has 0 aromatic heterocycles. The molecule has 3 nitrogen and oxygen atoms in total. The molecule has 1 aliphatic rings. The summed E-state index contributed by atoms with van der Waals surface area (Å²) in [6, 6.07) is 9.80. The van der Waals surface area contributed by atoms with E-state index < -0.39 is 0 Å². The van der Waals surface area contributed by atoms with E-state index in [0.29, 0.717) is 6.61 Å². The lowest BCUT2D eigenvalue weighted by molar-refractivity contribution is 0.0980. The Labute approximate surface area is 119 Å². The minimum absolute atomic E-state index is 0.192. The number of carbonyl (C=O) groups excluding carboxylic acids is 1. The van der Waals surface area contributed by atoms with Crippen molar-refractivity contribution in [1.82, 2.24) is 4.90 Å². The molecule has 1 aliphatic heterocycles. The lowest BCUT2D eigenvalue weighted by Crippen LogP contribution is -2.34. The van der Waals surface area contributed by atoms with Crippen molar-refractivity contribution in [1.29, 1.82) is 0 Å². The van der Waals surface area contributed by atoms with Crippen molar-refractivity contribution in [3.63, 3.8) is 0 Å². The van der Waals surface area contributed by atoms with E-state index in [1.54, 1.807) is 0 Å². The summed E-state index contributed by atoms with van der Waals surface area (Å²) in [6.07, 6.45) is 0.820. The second-order valence-corrected chi connectivity index (χ2v) is 7.19. The topological polar surface area (TPSA) is 29.5 Å². The molecule has 0 unspecified atom stereocenters. The fourth-order valence-electron chi connectivity index (χ4n) is 2.01. The maximum Gasteiger partial charge on any atom is 0.410 e. The standard InChI is InChI=1S/C15H21NO2S/c1-15(2)8-9-16(10-11-19-15)14(17)18-12-13-6-4-3-5-7-13/h3-7H,8-12H2,1-2H3. The number of thioether (sulfide) groups is 1. The largest absolute Gasteiger partial charge is 0.445 e. The molecule has 0 bridgehead atoms. The third-order valence-electron chi connectivity index (χ3n) is 3.30. The first-order valence-electron chi connectivity index (χ1n) is 6.66. The van der Waals surface area contributed by atoms with Crippen LogP contribution in [0.25, 0.3) is 0 Å². The molecule has 1 fully saturated rings. The molecule has 0 spiro atoms. The van der Waals surface area contributed by atoms with Crippen molar-refractivity contribution in [2.45, 2.75) is 31.6 Å². The quantitative estimate of drug-likeness (QED) is 0.829. The monoisotopic (exact) mass is 279 g/mol. The average molecular weight is 279 g/mol. The Hall–Kier alpha value is -1.16. The fraction of sp³-hybridized carbons (Fsp3) is 0.533. The molecule has 1 heterocycles. The molecule has 1 aromatic rings. The third kappa shape index (κ3) is 4.46. The summed E-state index contributed by atoms with van der Waals surface area (Å²) in [7, 11) is 0. The van der Waals surface area contributed by atoms with Gasteiger partial charge < -0.3 is 9.64 Å². The molecule has 104 valence electrons. The van der Waals surface area contributed by atoms with Crippen LogP contribution in [0.2, 0.25) is 0 Å². The Morgan fingerprint density at radius 3 is 2.79 bits per heavy atom. The molecular formula is C15H21NO2S. The molecule has 0 atom stereocenters. The Morgan fingerprint density at radius 2 is 2.05 bits per heavy atom. The average Bonchev–Trinajstić information content (AvgIpc) is 2.58. The minimum Gasteiger partial charge on any atom is -0.445 e. The molecule has 0 N–H and O–H groups in total. The number of rotatable bonds is 2. The lowest BCUT2D eigenvalue weighted by atomic mass is 10.1. The molecule has 2 rings (SSSR count). The zero-order valence-corrected chi connectivity index (χ0v) is 12.4. The van der Waals surface area contributed by atoms with E-state index in [4.69, 9.17) is 4.74 Å². The van der Waals surface area contributed by atoms with E-state index >= 15 is 0 Å². The summed E-state index contributed by atoms with van der Waals surface area (Å²) in [4.78, 5) is 13.9. The highest BCUT2D eigenvalue weighted by Crippen LogP contribution is 2.30. The van der Waals surface area contributed by atoms with Gasteiger partial charge in [0.25, 0.3) is 0 Å². The van der Waals surface area contributed by atoms with E-state index in [0.717, 1.165) is 30.8 Å². The summed E-state index contributed by atoms with van der Waals surface area (Å²) in [5, 5.41) is 0. The van der Waals surface area contributed by atoms with Crippen LogP contribution >= 0.6 is 11.8 Å². The smallest absolute Gasteiger partial charge is 0.410 e. The number of carbonyl (C=O) groups is 1. The summed E-state index contributed by atoms with van der Waals surface area (Å²) in [5.74, 6) is 0.980. The summed E-state index contributed by atoms with van der Waals surface area (Å²) >= 11 is 1.93. The van der Waals surface area contributed by atoms with Gasteiger partial charge in [-0.2, -0.15) is 11.8 Å². The molecule has 4 heteroatoms. The van der Waals surface area contributed by atoms with E-state index in [2.05, 4.69) is 13.8 Å². The molecule has 0 saturated carbocycles. The van der Waals surface area contributed by atoms with E-state index in [-0.39, 0.29) is 10.8 Å². The molecule has 0 aliphatic carbocycles. The second-order valence-electron chi connectivity index (χ2n) is 5.39. The first-order valence-corrected chi connectivity index (χ1v) is 7.65. The van der Waals surface area contributed by atoms with E-state index in [9.17, 15) is 4.79 Å². The zero-order valence-electron chi connectivity index (χ0n) is 11.6. The van der Waals surface area contributed by atoms with Gasteiger partial charge in [0.2, 0.25) is 0 Å². The molecule has 1 aromatic carbocycles. The van der Waals surface area contributed by atoms with Crippen LogP contribution in [0.15, 0.2) is 30.3 Å². The van der Waals surface area contributed by atoms with Crippen LogP contribution in [0.1, 0.15) is 25.8 Å². The maximum absolute atomic E-state index is 12.0. The predicted molar refractivity (Wildman–Crippen MR) is 79.4 cm³/mol. The van der Waals surface area contributed by atoms with Crippen LogP contribution in [-0.4, -0.2) is 34.6 Å². The van der Waals surface area contributed by atoms with Crippen LogP contribution in [0.3, 0.4) is 0 Å². The van der Waals surface area contributed by atoms with Gasteiger partial charge in [0.05, 0.1) is 0 Å². The highest BCUT2D eigenvalue weighted by atomic mass is 32.2. The fourth-order valence-corrected chi connectivity index (χ4v) is 3.11. The van der Waals surface area contributed by atoms with Gasteiger partial charge in [-0.3, -0.25) is 0 Å². The second kappa shape index (κ2) is 6.33. The van der Waals surface area contributed by atoms with Crippen molar-refractivity contribution in [3.05, 3.63) is 35.9 Å². The van der Waals surface area contributed by atoms with Gasteiger partial charge in [0.15, 0.2) is 0 Å². The summed E-state index contributed by atoms with van der Waals surface area (Å²) in [5.41, 5.74) is 1.03. The van der Waals surface area contributed by atoms with Gasteiger partial charge >= 0.3 is 6.09 Å². The molecule has 19 heavy (non-hydrogen) atoms. The number of hydrogen-bond acceptors (Lipinski definition) is 3. The van der Waals surface area contributed by atoms with E-state index in [1.807, 2.05) is 47.0 Å². The van der Waals surface area contributed by atoms with Crippen LogP contribution in [0.4, 0.5) is 4.79 Å². The SMILES string of the molecule is CC1(C)CCN(C(=O)OCc2ccccc2)CCS1. The number of benzene rings is 1. The Balaban J connectivity index is 1.83. The van der Waals surface area contributed by atoms with Gasteiger partial charge in [-0.05, 0) is 12.0 Å². The predicted octanol–water partition coefficient (Wildman–Crippen LogP) is 3.54. The van der Waals surface area contributed by atoms with Crippen LogP contribution in [0, 0.1) is 0 Å². The van der Waals surface area contributed by atoms with Crippen molar-refractivity contribution in [2.75, 3.05) is 18.8 Å². The third-order valence-corrected chi connectivity index (χ3v) is 4.67. The minimum atomic E-state index is -0.192. The molecule has 1 saturated heterocycles. The van der Waals surface area contributed by atoms with Crippen LogP contribution in [-0.2, 0) is 11.3 Å². The van der Waals surface area contributed by atoms with Gasteiger partial charge in [0, 0.05) is 23.6 Å². The highest BCUT2D eigenvalue weighted by molar-refractivity contribution is 8.00. The summed E-state index contributed by atoms with van der Waals surface area (Å²) < 4.78 is 5.63. The number of amides is 1. The first kappa shape index (κ1) is 14.3. The Kier molecular flexibility index (Phi) is 4.75. The van der Waals surface area contributed by atoms with E-state index in [1.165, 1.54) is 0 Å². The number of ether oxygens (including phenoxy) is 1. The zero-order chi connectivity index (χ0) is 13.7. The molecule has 1 amide bonds. The summed E-state index contributed by atoms with van der Waals surface area (Å²) in [6.45, 7) is 6.38. The molecular weight excluding hydrogens is 258 g/mol. The normalized spacial score (nSPS) is 18.7. The van der Waals surface area contributed by atoms with Crippen molar-refractivity contribution < 1.29 is 9.53 Å². The Morgan fingerprint density at radius 1 is 1.32 bits per heavy atom. The Bertz CT molecular complexity index is 419. The van der Waals surface area contributed by atoms with Gasteiger partial charge in [0.1, 0.15) is 6.61 Å². The number of nitrogens with zero attached hydrogens (tertiary/aromatic N) is 1. The van der Waals surface area contributed by atoms with Gasteiger partial charge in [-0.25, -0.2) is 4.79 Å². The highest BCUT2D eigenvalue weighted by Gasteiger charge is 2.26. The number of hydrogen-bond donors (Lipinski definition) is 0.